The van der Waals surface area contributed by atoms with E-state index in [0.717, 1.165) is 25.6 Å². The van der Waals surface area contributed by atoms with Crippen molar-refractivity contribution in [3.8, 4) is 5.75 Å². The van der Waals surface area contributed by atoms with Gasteiger partial charge in [0.25, 0.3) is 5.91 Å². The molecule has 0 spiro atoms. The standard InChI is InChI=1S/C15H20ClFN2O2/c1-9-8-18-6-5-13(9)19-15(20)10(2)21-14-4-3-11(17)7-12(14)16/h3-4,7,9-10,13,18H,5-6,8H2,1-2H3,(H,19,20). The van der Waals surface area contributed by atoms with E-state index in [2.05, 4.69) is 17.6 Å². The lowest BCUT2D eigenvalue weighted by Gasteiger charge is -2.31. The Morgan fingerprint density at radius 1 is 1.57 bits per heavy atom. The maximum Gasteiger partial charge on any atom is 0.261 e. The summed E-state index contributed by atoms with van der Waals surface area (Å²) in [5.74, 6) is 0.0607. The van der Waals surface area contributed by atoms with Gasteiger partial charge in [0.1, 0.15) is 11.6 Å². The topological polar surface area (TPSA) is 50.4 Å². The van der Waals surface area contributed by atoms with Gasteiger partial charge in [-0.1, -0.05) is 18.5 Å². The summed E-state index contributed by atoms with van der Waals surface area (Å²) in [6.07, 6.45) is 0.215. The van der Waals surface area contributed by atoms with Gasteiger partial charge in [-0.2, -0.15) is 0 Å². The molecule has 6 heteroatoms. The van der Waals surface area contributed by atoms with Crippen molar-refractivity contribution in [3.63, 3.8) is 0 Å². The molecule has 1 saturated heterocycles. The molecule has 1 heterocycles. The monoisotopic (exact) mass is 314 g/mol. The normalized spacial score (nSPS) is 23.4. The fraction of sp³-hybridized carbons (Fsp3) is 0.533. The molecule has 2 rings (SSSR count). The molecule has 1 amide bonds. The van der Waals surface area contributed by atoms with Gasteiger partial charge in [0.05, 0.1) is 5.02 Å². The molecular weight excluding hydrogens is 295 g/mol. The van der Waals surface area contributed by atoms with Crippen LogP contribution in [0.15, 0.2) is 18.2 Å². The fourth-order valence-corrected chi connectivity index (χ4v) is 2.56. The Morgan fingerprint density at radius 3 is 3.00 bits per heavy atom. The van der Waals surface area contributed by atoms with Gasteiger partial charge >= 0.3 is 0 Å². The number of rotatable bonds is 4. The van der Waals surface area contributed by atoms with Crippen molar-refractivity contribution in [2.24, 2.45) is 5.92 Å². The smallest absolute Gasteiger partial charge is 0.261 e. The number of hydrogen-bond acceptors (Lipinski definition) is 3. The fourth-order valence-electron chi connectivity index (χ4n) is 2.34. The first-order valence-corrected chi connectivity index (χ1v) is 7.48. The summed E-state index contributed by atoms with van der Waals surface area (Å²) in [6, 6.07) is 3.99. The zero-order valence-electron chi connectivity index (χ0n) is 12.2. The molecule has 1 aromatic carbocycles. The first-order valence-electron chi connectivity index (χ1n) is 7.10. The van der Waals surface area contributed by atoms with Crippen LogP contribution < -0.4 is 15.4 Å². The molecule has 0 aromatic heterocycles. The highest BCUT2D eigenvalue weighted by Crippen LogP contribution is 2.26. The van der Waals surface area contributed by atoms with Gasteiger partial charge in [-0.15, -0.1) is 0 Å². The molecular formula is C15H20ClFN2O2. The summed E-state index contributed by atoms with van der Waals surface area (Å²) in [5.41, 5.74) is 0. The summed E-state index contributed by atoms with van der Waals surface area (Å²) < 4.78 is 18.5. The maximum absolute atomic E-state index is 13.0. The van der Waals surface area contributed by atoms with Crippen molar-refractivity contribution >= 4 is 17.5 Å². The Labute approximate surface area is 129 Å². The number of piperidine rings is 1. The second-order valence-corrected chi connectivity index (χ2v) is 5.83. The van der Waals surface area contributed by atoms with Gasteiger partial charge in [0.15, 0.2) is 6.10 Å². The minimum absolute atomic E-state index is 0.147. The molecule has 1 aromatic rings. The second kappa shape index (κ2) is 7.09. The number of carbonyl (C=O) groups is 1. The van der Waals surface area contributed by atoms with Crippen molar-refractivity contribution in [3.05, 3.63) is 29.0 Å². The van der Waals surface area contributed by atoms with E-state index in [-0.39, 0.29) is 17.0 Å². The quantitative estimate of drug-likeness (QED) is 0.897. The van der Waals surface area contributed by atoms with Crippen molar-refractivity contribution in [1.82, 2.24) is 10.6 Å². The molecule has 4 nitrogen and oxygen atoms in total. The number of nitrogens with one attached hydrogen (secondary N) is 2. The number of halogens is 2. The average molecular weight is 315 g/mol. The Balaban J connectivity index is 1.92. The van der Waals surface area contributed by atoms with Crippen LogP contribution in [0.5, 0.6) is 5.75 Å². The lowest BCUT2D eigenvalue weighted by molar-refractivity contribution is -0.128. The van der Waals surface area contributed by atoms with Gasteiger partial charge in [0, 0.05) is 6.04 Å². The van der Waals surface area contributed by atoms with E-state index in [4.69, 9.17) is 16.3 Å². The van der Waals surface area contributed by atoms with Gasteiger partial charge < -0.3 is 15.4 Å². The molecule has 3 unspecified atom stereocenters. The largest absolute Gasteiger partial charge is 0.479 e. The number of amides is 1. The third-order valence-corrected chi connectivity index (χ3v) is 3.98. The van der Waals surface area contributed by atoms with Crippen LogP contribution >= 0.6 is 11.6 Å². The van der Waals surface area contributed by atoms with Gasteiger partial charge in [0.2, 0.25) is 0 Å². The molecule has 0 aliphatic carbocycles. The summed E-state index contributed by atoms with van der Waals surface area (Å²) in [7, 11) is 0. The first kappa shape index (κ1) is 16.0. The van der Waals surface area contributed by atoms with Crippen molar-refractivity contribution in [2.75, 3.05) is 13.1 Å². The highest BCUT2D eigenvalue weighted by atomic mass is 35.5. The second-order valence-electron chi connectivity index (χ2n) is 5.42. The lowest BCUT2D eigenvalue weighted by atomic mass is 9.95. The van der Waals surface area contributed by atoms with Crippen LogP contribution in [0.4, 0.5) is 4.39 Å². The summed E-state index contributed by atoms with van der Waals surface area (Å²) in [4.78, 5) is 12.2. The van der Waals surface area contributed by atoms with Crippen LogP contribution in [0.2, 0.25) is 5.02 Å². The van der Waals surface area contributed by atoms with E-state index in [0.29, 0.717) is 11.7 Å². The molecule has 0 bridgehead atoms. The van der Waals surface area contributed by atoms with Crippen molar-refractivity contribution in [2.45, 2.75) is 32.4 Å². The summed E-state index contributed by atoms with van der Waals surface area (Å²) in [6.45, 7) is 5.54. The summed E-state index contributed by atoms with van der Waals surface area (Å²) in [5, 5.41) is 6.44. The van der Waals surface area contributed by atoms with E-state index in [1.54, 1.807) is 6.92 Å². The maximum atomic E-state index is 13.0. The molecule has 21 heavy (non-hydrogen) atoms. The zero-order valence-corrected chi connectivity index (χ0v) is 12.9. The molecule has 1 fully saturated rings. The first-order chi connectivity index (χ1) is 9.97. The highest BCUT2D eigenvalue weighted by Gasteiger charge is 2.25. The van der Waals surface area contributed by atoms with E-state index >= 15 is 0 Å². The molecule has 116 valence electrons. The Hall–Kier alpha value is -1.33. The van der Waals surface area contributed by atoms with Crippen LogP contribution in [-0.2, 0) is 4.79 Å². The molecule has 0 radical (unpaired) electrons. The van der Waals surface area contributed by atoms with Crippen LogP contribution in [-0.4, -0.2) is 31.1 Å². The van der Waals surface area contributed by atoms with Gasteiger partial charge in [-0.05, 0) is 50.6 Å². The number of carbonyl (C=O) groups excluding carboxylic acids is 1. The lowest BCUT2D eigenvalue weighted by Crippen LogP contribution is -2.51. The van der Waals surface area contributed by atoms with Crippen molar-refractivity contribution < 1.29 is 13.9 Å². The number of hydrogen-bond donors (Lipinski definition) is 2. The predicted octanol–water partition coefficient (Wildman–Crippen LogP) is 2.36. The summed E-state index contributed by atoms with van der Waals surface area (Å²) >= 11 is 5.89. The van der Waals surface area contributed by atoms with Crippen LogP contribution in [0.1, 0.15) is 20.3 Å². The third-order valence-electron chi connectivity index (χ3n) is 3.68. The van der Waals surface area contributed by atoms with E-state index in [1.807, 2.05) is 0 Å². The number of ether oxygens (including phenoxy) is 1. The highest BCUT2D eigenvalue weighted by molar-refractivity contribution is 6.32. The minimum atomic E-state index is -0.685. The van der Waals surface area contributed by atoms with E-state index in [9.17, 15) is 9.18 Å². The van der Waals surface area contributed by atoms with Crippen LogP contribution in [0.3, 0.4) is 0 Å². The van der Waals surface area contributed by atoms with Crippen LogP contribution in [0.25, 0.3) is 0 Å². The minimum Gasteiger partial charge on any atom is -0.479 e. The average Bonchev–Trinajstić information content (AvgIpc) is 2.44. The Bertz CT molecular complexity index is 512. The Morgan fingerprint density at radius 2 is 2.33 bits per heavy atom. The number of benzene rings is 1. The van der Waals surface area contributed by atoms with E-state index in [1.165, 1.54) is 12.1 Å². The molecule has 3 atom stereocenters. The predicted molar refractivity (Wildman–Crippen MR) is 80.1 cm³/mol. The van der Waals surface area contributed by atoms with Gasteiger partial charge in [-0.25, -0.2) is 4.39 Å². The molecule has 2 N–H and O–H groups in total. The third kappa shape index (κ3) is 4.32. The molecule has 1 aliphatic heterocycles. The molecule has 1 aliphatic rings. The van der Waals surface area contributed by atoms with Crippen molar-refractivity contribution in [1.29, 1.82) is 0 Å². The van der Waals surface area contributed by atoms with E-state index < -0.39 is 11.9 Å². The molecule has 0 saturated carbocycles. The van der Waals surface area contributed by atoms with Gasteiger partial charge in [-0.3, -0.25) is 4.79 Å². The van der Waals surface area contributed by atoms with Crippen LogP contribution in [0, 0.1) is 11.7 Å². The zero-order chi connectivity index (χ0) is 15.4. The SMILES string of the molecule is CC(Oc1ccc(F)cc1Cl)C(=O)NC1CCNCC1C. The Kier molecular flexibility index (Phi) is 5.42.